The molecule has 3 rings (SSSR count). The number of hydrogen-bond donors (Lipinski definition) is 0. The highest BCUT2D eigenvalue weighted by atomic mass is 32.1. The van der Waals surface area contributed by atoms with Crippen molar-refractivity contribution in [2.45, 2.75) is 25.6 Å². The zero-order valence-corrected chi connectivity index (χ0v) is 17.5. The second-order valence-corrected chi connectivity index (χ2v) is 7.60. The summed E-state index contributed by atoms with van der Waals surface area (Å²) in [6.07, 6.45) is 3.20. The van der Waals surface area contributed by atoms with E-state index in [1.807, 2.05) is 17.5 Å². The van der Waals surface area contributed by atoms with Crippen LogP contribution in [0.1, 0.15) is 17.7 Å². The van der Waals surface area contributed by atoms with Crippen molar-refractivity contribution < 1.29 is 23.9 Å². The summed E-state index contributed by atoms with van der Waals surface area (Å²) in [7, 11) is 1.31. The third-order valence-electron chi connectivity index (χ3n) is 4.74. The lowest BCUT2D eigenvalue weighted by molar-refractivity contribution is -0.142. The normalized spacial score (nSPS) is 17.0. The molecule has 2 aromatic rings. The van der Waals surface area contributed by atoms with E-state index in [0.29, 0.717) is 18.8 Å². The Bertz CT molecular complexity index is 846. The fourth-order valence-electron chi connectivity index (χ4n) is 3.10. The molecule has 0 spiro atoms. The summed E-state index contributed by atoms with van der Waals surface area (Å²) in [6, 6.07) is 3.70. The Labute approximate surface area is 178 Å². The third-order valence-corrected chi connectivity index (χ3v) is 5.38. The Kier molecular flexibility index (Phi) is 7.86. The molecule has 3 heterocycles. The van der Waals surface area contributed by atoms with E-state index in [-0.39, 0.29) is 50.4 Å². The lowest BCUT2D eigenvalue weighted by atomic mass is 10.2. The van der Waals surface area contributed by atoms with Crippen molar-refractivity contribution in [1.29, 1.82) is 0 Å². The molecule has 0 radical (unpaired) electrons. The minimum Gasteiger partial charge on any atom is -0.469 e. The van der Waals surface area contributed by atoms with Crippen LogP contribution >= 0.6 is 11.3 Å². The van der Waals surface area contributed by atoms with Crippen molar-refractivity contribution in [1.82, 2.24) is 19.8 Å². The summed E-state index contributed by atoms with van der Waals surface area (Å²) in [5.74, 6) is -0.792. The Balaban J connectivity index is 1.69. The summed E-state index contributed by atoms with van der Waals surface area (Å²) in [4.78, 5) is 48.3. The number of amides is 2. The molecule has 0 N–H and O–H groups in total. The van der Waals surface area contributed by atoms with Gasteiger partial charge in [0.15, 0.2) is 0 Å². The topological polar surface area (TPSA) is 102 Å². The predicted octanol–water partition coefficient (Wildman–Crippen LogP) is 0.900. The van der Waals surface area contributed by atoms with Gasteiger partial charge in [-0.05, 0) is 17.7 Å². The van der Waals surface area contributed by atoms with Crippen LogP contribution in [0.5, 0.6) is 0 Å². The van der Waals surface area contributed by atoms with Crippen molar-refractivity contribution in [3.05, 3.63) is 46.7 Å². The van der Waals surface area contributed by atoms with Crippen molar-refractivity contribution in [3.8, 4) is 0 Å². The molecule has 10 heteroatoms. The number of pyridine rings is 1. The summed E-state index contributed by atoms with van der Waals surface area (Å²) >= 11 is 1.42. The highest BCUT2D eigenvalue weighted by molar-refractivity contribution is 7.07. The maximum Gasteiger partial charge on any atom is 0.307 e. The van der Waals surface area contributed by atoms with Gasteiger partial charge >= 0.3 is 5.97 Å². The average Bonchev–Trinajstić information content (AvgIpc) is 3.21. The molecule has 1 saturated heterocycles. The molecule has 30 heavy (non-hydrogen) atoms. The predicted molar refractivity (Wildman–Crippen MR) is 108 cm³/mol. The number of esters is 1. The van der Waals surface area contributed by atoms with Gasteiger partial charge in [0, 0.05) is 37.4 Å². The van der Waals surface area contributed by atoms with Gasteiger partial charge in [0.05, 0.1) is 50.4 Å². The molecule has 1 aliphatic heterocycles. The highest BCUT2D eigenvalue weighted by Gasteiger charge is 2.31. The van der Waals surface area contributed by atoms with Crippen LogP contribution in [0.2, 0.25) is 0 Å². The quantitative estimate of drug-likeness (QED) is 0.571. The molecule has 1 aliphatic rings. The molecular formula is C20H24N4O5S. The number of carbonyl (C=O) groups is 3. The Morgan fingerprint density at radius 3 is 2.77 bits per heavy atom. The van der Waals surface area contributed by atoms with Crippen LogP contribution in [0.25, 0.3) is 0 Å². The van der Waals surface area contributed by atoms with Gasteiger partial charge in [0.1, 0.15) is 0 Å². The molecule has 0 aromatic carbocycles. The van der Waals surface area contributed by atoms with E-state index in [1.165, 1.54) is 23.3 Å². The zero-order chi connectivity index (χ0) is 21.3. The maximum absolute atomic E-state index is 12.8. The number of aromatic nitrogens is 2. The molecule has 9 nitrogen and oxygen atoms in total. The third kappa shape index (κ3) is 6.33. The Morgan fingerprint density at radius 1 is 1.27 bits per heavy atom. The van der Waals surface area contributed by atoms with Gasteiger partial charge in [-0.25, -0.2) is 4.98 Å². The number of rotatable bonds is 8. The van der Waals surface area contributed by atoms with Crippen LogP contribution in [0.4, 0.5) is 0 Å². The smallest absolute Gasteiger partial charge is 0.307 e. The first-order valence-electron chi connectivity index (χ1n) is 9.55. The number of nitrogens with zero attached hydrogens (tertiary/aromatic N) is 4. The van der Waals surface area contributed by atoms with Crippen LogP contribution in [0, 0.1) is 0 Å². The second-order valence-electron chi connectivity index (χ2n) is 6.89. The molecular weight excluding hydrogens is 408 g/mol. The highest BCUT2D eigenvalue weighted by Crippen LogP contribution is 2.13. The molecule has 1 atom stereocenters. The number of thiazole rings is 1. The van der Waals surface area contributed by atoms with Gasteiger partial charge in [-0.2, -0.15) is 0 Å². The first-order valence-corrected chi connectivity index (χ1v) is 10.5. The van der Waals surface area contributed by atoms with Gasteiger partial charge in [-0.3, -0.25) is 19.4 Å². The van der Waals surface area contributed by atoms with Gasteiger partial charge in [0.25, 0.3) is 0 Å². The lowest BCUT2D eigenvalue weighted by Crippen LogP contribution is -2.40. The number of carbonyl (C=O) groups excluding carboxylic acids is 3. The van der Waals surface area contributed by atoms with Crippen molar-refractivity contribution in [3.63, 3.8) is 0 Å². The Morgan fingerprint density at radius 2 is 2.07 bits per heavy atom. The molecule has 0 aliphatic carbocycles. The molecule has 1 fully saturated rings. The van der Waals surface area contributed by atoms with Gasteiger partial charge < -0.3 is 19.3 Å². The van der Waals surface area contributed by atoms with E-state index in [4.69, 9.17) is 4.74 Å². The van der Waals surface area contributed by atoms with Gasteiger partial charge in [-0.1, -0.05) is 0 Å². The fourth-order valence-corrected chi connectivity index (χ4v) is 3.66. The van der Waals surface area contributed by atoms with Crippen LogP contribution in [0.15, 0.2) is 35.4 Å². The van der Waals surface area contributed by atoms with Gasteiger partial charge in [0.2, 0.25) is 11.8 Å². The molecule has 2 amide bonds. The lowest BCUT2D eigenvalue weighted by Gasteiger charge is -2.24. The largest absolute Gasteiger partial charge is 0.469 e. The zero-order valence-electron chi connectivity index (χ0n) is 16.7. The fraction of sp³-hybridized carbons (Fsp3) is 0.450. The van der Waals surface area contributed by atoms with Crippen molar-refractivity contribution in [2.75, 3.05) is 33.3 Å². The summed E-state index contributed by atoms with van der Waals surface area (Å²) in [6.45, 7) is 1.07. The minimum absolute atomic E-state index is 0.0563. The van der Waals surface area contributed by atoms with E-state index in [9.17, 15) is 14.4 Å². The minimum atomic E-state index is -0.391. The molecule has 0 saturated carbocycles. The number of methoxy groups -OCH3 is 1. The van der Waals surface area contributed by atoms with E-state index in [1.54, 1.807) is 22.8 Å². The maximum atomic E-state index is 12.8. The second kappa shape index (κ2) is 10.8. The molecule has 160 valence electrons. The number of ether oxygens (including phenoxy) is 2. The SMILES string of the molecule is COC(=O)CCN1CC(OCc2ccncc2)CN(C(=O)Cc2cscn2)CC1=O. The van der Waals surface area contributed by atoms with Crippen LogP contribution in [-0.4, -0.2) is 76.9 Å². The summed E-state index contributed by atoms with van der Waals surface area (Å²) in [5, 5.41) is 1.82. The van der Waals surface area contributed by atoms with E-state index in [2.05, 4.69) is 14.7 Å². The first-order chi connectivity index (χ1) is 14.5. The molecule has 1 unspecified atom stereocenters. The first kappa shape index (κ1) is 21.8. The van der Waals surface area contributed by atoms with E-state index < -0.39 is 5.97 Å². The average molecular weight is 433 g/mol. The van der Waals surface area contributed by atoms with E-state index in [0.717, 1.165) is 5.56 Å². The summed E-state index contributed by atoms with van der Waals surface area (Å²) < 4.78 is 10.7. The van der Waals surface area contributed by atoms with Crippen LogP contribution in [-0.2, 0) is 36.9 Å². The number of hydrogen-bond acceptors (Lipinski definition) is 8. The monoisotopic (exact) mass is 432 g/mol. The van der Waals surface area contributed by atoms with Crippen molar-refractivity contribution >= 4 is 29.1 Å². The van der Waals surface area contributed by atoms with Crippen molar-refractivity contribution in [2.24, 2.45) is 0 Å². The molecule has 0 bridgehead atoms. The van der Waals surface area contributed by atoms with Crippen LogP contribution in [0.3, 0.4) is 0 Å². The van der Waals surface area contributed by atoms with E-state index >= 15 is 0 Å². The summed E-state index contributed by atoms with van der Waals surface area (Å²) in [5.41, 5.74) is 3.30. The van der Waals surface area contributed by atoms with Gasteiger partial charge in [-0.15, -0.1) is 11.3 Å². The Hall–Kier alpha value is -2.85. The standard InChI is InChI=1S/C20H24N4O5S/c1-28-20(27)4-7-23-9-17(29-12-15-2-5-21-6-3-15)10-24(11-19(23)26)18(25)8-16-13-30-14-22-16/h2-3,5-6,13-14,17H,4,7-12H2,1H3. The molecule has 2 aromatic heterocycles. The van der Waals surface area contributed by atoms with Crippen LogP contribution < -0.4 is 0 Å².